The largest absolute Gasteiger partial charge is 0.481 e. The van der Waals surface area contributed by atoms with Crippen LogP contribution in [0.15, 0.2) is 36.7 Å². The van der Waals surface area contributed by atoms with Crippen LogP contribution in [-0.4, -0.2) is 41.5 Å². The second kappa shape index (κ2) is 16.8. The number of ether oxygens (including phenoxy) is 2. The fourth-order valence-corrected chi connectivity index (χ4v) is 1.43. The van der Waals surface area contributed by atoms with Gasteiger partial charge in [0.25, 0.3) is 5.97 Å². The van der Waals surface area contributed by atoms with Crippen LogP contribution in [0, 0.1) is 0 Å². The Morgan fingerprint density at radius 3 is 1.96 bits per heavy atom. The van der Waals surface area contributed by atoms with E-state index in [9.17, 15) is 4.79 Å². The van der Waals surface area contributed by atoms with Crippen LogP contribution < -0.4 is 21.4 Å². The van der Waals surface area contributed by atoms with E-state index >= 15 is 0 Å². The van der Waals surface area contributed by atoms with E-state index in [-0.39, 0.29) is 13.6 Å². The summed E-state index contributed by atoms with van der Waals surface area (Å²) < 4.78 is 9.74. The maximum absolute atomic E-state index is 10.3. The van der Waals surface area contributed by atoms with Crippen molar-refractivity contribution >= 4 is 12.3 Å². The summed E-state index contributed by atoms with van der Waals surface area (Å²) in [6, 6.07) is 7.07. The van der Waals surface area contributed by atoms with Crippen LogP contribution in [0.5, 0.6) is 11.8 Å². The maximum atomic E-state index is 10.3. The summed E-state index contributed by atoms with van der Waals surface area (Å²) in [5.74, 6) is 0.155. The molecule has 9 nitrogen and oxygen atoms in total. The third-order valence-corrected chi connectivity index (χ3v) is 2.38. The number of hydrogen-bond donors (Lipinski definition) is 3. The highest BCUT2D eigenvalue weighted by Gasteiger charge is 1.99. The lowest BCUT2D eigenvalue weighted by atomic mass is 10.3. The van der Waals surface area contributed by atoms with E-state index in [2.05, 4.69) is 9.97 Å². The summed E-state index contributed by atoms with van der Waals surface area (Å²) in [7, 11) is 3.07. The Hall–Kier alpha value is -3.04. The molecule has 0 unspecified atom stereocenters. The average Bonchev–Trinajstić information content (AvgIpc) is 2.61. The van der Waals surface area contributed by atoms with E-state index in [4.69, 9.17) is 25.1 Å². The van der Waals surface area contributed by atoms with Crippen molar-refractivity contribution in [3.63, 3.8) is 0 Å². The van der Waals surface area contributed by atoms with Gasteiger partial charge in [-0.2, -0.15) is 0 Å². The first kappa shape index (κ1) is 27.8. The van der Waals surface area contributed by atoms with Crippen molar-refractivity contribution < 1.29 is 24.2 Å². The van der Waals surface area contributed by atoms with Gasteiger partial charge in [0, 0.05) is 31.4 Å². The van der Waals surface area contributed by atoms with Crippen LogP contribution in [-0.2, 0) is 11.3 Å². The van der Waals surface area contributed by atoms with Crippen molar-refractivity contribution in [3.8, 4) is 11.8 Å². The molecule has 0 atom stereocenters. The summed E-state index contributed by atoms with van der Waals surface area (Å²) in [6.07, 6.45) is 3.97. The molecule has 0 aliphatic rings. The molecule has 0 aliphatic heterocycles. The lowest BCUT2D eigenvalue weighted by Gasteiger charge is -2.02. The Bertz CT molecular complexity index is 611. The number of nitrogens with two attached hydrogens (primary N) is 1. The van der Waals surface area contributed by atoms with Crippen molar-refractivity contribution in [3.05, 3.63) is 47.8 Å². The molecular formula is C17H28N4O5. The maximum Gasteiger partial charge on any atom is 0.300 e. The summed E-state index contributed by atoms with van der Waals surface area (Å²) in [4.78, 5) is 27.0. The van der Waals surface area contributed by atoms with Gasteiger partial charge in [-0.05, 0) is 18.2 Å². The fourth-order valence-electron chi connectivity index (χ4n) is 1.43. The zero-order chi connectivity index (χ0) is 18.4. The third kappa shape index (κ3) is 11.5. The molecule has 0 aliphatic carbocycles. The van der Waals surface area contributed by atoms with Gasteiger partial charge in [-0.15, -0.1) is 0 Å². The first-order valence-corrected chi connectivity index (χ1v) is 6.81. The standard InChI is InChI=1S/C7H10N2O.C7H7NO2.C2H4O2.CH4.H3N/c1-10-7-6(5-8)3-2-4-9-7;1-10-7-6(5-9)3-2-4-8-7;1-2(3)4;;/h2-4H,5,8H2,1H3;2-5H,1H3;1H3,(H,3,4);1H4;1H3. The number of aldehydes is 1. The molecule has 0 bridgehead atoms. The third-order valence-electron chi connectivity index (χ3n) is 2.38. The highest BCUT2D eigenvalue weighted by Crippen LogP contribution is 2.11. The monoisotopic (exact) mass is 368 g/mol. The number of nitrogens with zero attached hydrogens (tertiary/aromatic N) is 2. The number of aromatic nitrogens is 2. The van der Waals surface area contributed by atoms with E-state index < -0.39 is 5.97 Å². The lowest BCUT2D eigenvalue weighted by molar-refractivity contribution is -0.134. The molecule has 0 saturated heterocycles. The number of hydrogen-bond acceptors (Lipinski definition) is 8. The minimum atomic E-state index is -0.833. The van der Waals surface area contributed by atoms with E-state index in [0.29, 0.717) is 30.2 Å². The van der Waals surface area contributed by atoms with Crippen molar-refractivity contribution in [1.29, 1.82) is 0 Å². The summed E-state index contributed by atoms with van der Waals surface area (Å²) >= 11 is 0. The average molecular weight is 368 g/mol. The van der Waals surface area contributed by atoms with E-state index in [1.54, 1.807) is 31.6 Å². The van der Waals surface area contributed by atoms with Crippen molar-refractivity contribution in [1.82, 2.24) is 16.1 Å². The van der Waals surface area contributed by atoms with Crippen LogP contribution in [0.1, 0.15) is 30.3 Å². The Kier molecular flexibility index (Phi) is 18.0. The van der Waals surface area contributed by atoms with Gasteiger partial charge in [0.1, 0.15) is 0 Å². The van der Waals surface area contributed by atoms with Crippen LogP contribution in [0.2, 0.25) is 0 Å². The van der Waals surface area contributed by atoms with E-state index in [1.165, 1.54) is 7.11 Å². The second-order valence-electron chi connectivity index (χ2n) is 4.11. The van der Waals surface area contributed by atoms with Gasteiger partial charge in [0.2, 0.25) is 11.8 Å². The Morgan fingerprint density at radius 1 is 1.15 bits per heavy atom. The van der Waals surface area contributed by atoms with Gasteiger partial charge in [-0.3, -0.25) is 9.59 Å². The molecule has 2 aromatic rings. The first-order valence-electron chi connectivity index (χ1n) is 6.81. The molecule has 146 valence electrons. The number of rotatable bonds is 4. The van der Waals surface area contributed by atoms with Gasteiger partial charge < -0.3 is 26.5 Å². The van der Waals surface area contributed by atoms with Gasteiger partial charge in [0.05, 0.1) is 19.8 Å². The molecule has 0 radical (unpaired) electrons. The molecule has 0 amide bonds. The zero-order valence-electron chi connectivity index (χ0n) is 14.5. The fraction of sp³-hybridized carbons (Fsp3) is 0.294. The number of carboxylic acid groups (broad SMARTS) is 1. The minimum absolute atomic E-state index is 0. The molecule has 2 rings (SSSR count). The first-order chi connectivity index (χ1) is 11.5. The minimum Gasteiger partial charge on any atom is -0.481 e. The summed E-state index contributed by atoms with van der Waals surface area (Å²) in [6.45, 7) is 1.55. The van der Waals surface area contributed by atoms with E-state index in [0.717, 1.165) is 12.5 Å². The Balaban J connectivity index is -0.000000319. The molecule has 2 heterocycles. The Morgan fingerprint density at radius 2 is 1.62 bits per heavy atom. The quantitative estimate of drug-likeness (QED) is 0.688. The molecule has 0 fully saturated rings. The predicted octanol–water partition coefficient (Wildman–Crippen LogP) is 2.34. The summed E-state index contributed by atoms with van der Waals surface area (Å²) in [5, 5.41) is 7.42. The SMILES string of the molecule is C.CC(=O)O.COc1ncccc1C=O.COc1ncccc1CN.N. The van der Waals surface area contributed by atoms with E-state index in [1.807, 2.05) is 12.1 Å². The molecule has 26 heavy (non-hydrogen) atoms. The van der Waals surface area contributed by atoms with Crippen molar-refractivity contribution in [2.75, 3.05) is 14.2 Å². The highest BCUT2D eigenvalue weighted by molar-refractivity contribution is 5.77. The van der Waals surface area contributed by atoms with Crippen molar-refractivity contribution in [2.45, 2.75) is 20.9 Å². The zero-order valence-corrected chi connectivity index (χ0v) is 14.5. The molecule has 6 N–H and O–H groups in total. The normalized spacial score (nSPS) is 8.00. The smallest absolute Gasteiger partial charge is 0.300 e. The second-order valence-corrected chi connectivity index (χ2v) is 4.11. The molecule has 0 spiro atoms. The highest BCUT2D eigenvalue weighted by atomic mass is 16.5. The number of carbonyl (C=O) groups is 2. The van der Waals surface area contributed by atoms with Crippen LogP contribution in [0.4, 0.5) is 0 Å². The molecular weight excluding hydrogens is 340 g/mol. The summed E-state index contributed by atoms with van der Waals surface area (Å²) in [5.41, 5.74) is 6.82. The number of carbonyl (C=O) groups excluding carboxylic acids is 1. The number of pyridine rings is 2. The molecule has 0 saturated carbocycles. The van der Waals surface area contributed by atoms with Crippen LogP contribution in [0.3, 0.4) is 0 Å². The van der Waals surface area contributed by atoms with Gasteiger partial charge >= 0.3 is 0 Å². The predicted molar refractivity (Wildman–Crippen MR) is 99.9 cm³/mol. The number of methoxy groups -OCH3 is 2. The molecule has 9 heteroatoms. The molecule has 2 aromatic heterocycles. The topological polar surface area (TPSA) is 160 Å². The van der Waals surface area contributed by atoms with Gasteiger partial charge in [-0.1, -0.05) is 13.5 Å². The van der Waals surface area contributed by atoms with Gasteiger partial charge in [-0.25, -0.2) is 9.97 Å². The lowest BCUT2D eigenvalue weighted by Crippen LogP contribution is -2.00. The number of aliphatic carboxylic acids is 1. The number of carboxylic acids is 1. The molecule has 0 aromatic carbocycles. The van der Waals surface area contributed by atoms with Crippen molar-refractivity contribution in [2.24, 2.45) is 5.73 Å². The van der Waals surface area contributed by atoms with Crippen LogP contribution in [0.25, 0.3) is 0 Å². The Labute approximate surface area is 153 Å². The van der Waals surface area contributed by atoms with Crippen LogP contribution >= 0.6 is 0 Å². The van der Waals surface area contributed by atoms with Gasteiger partial charge in [0.15, 0.2) is 6.29 Å².